The molecule has 0 bridgehead atoms. The number of benzene rings is 1. The van der Waals surface area contributed by atoms with Gasteiger partial charge in [0.2, 0.25) is 5.13 Å². The molecule has 1 saturated heterocycles. The van der Waals surface area contributed by atoms with Crippen molar-refractivity contribution >= 4 is 28.2 Å². The highest BCUT2D eigenvalue weighted by Gasteiger charge is 2.15. The average Bonchev–Trinajstić information content (AvgIpc) is 3.01. The number of hydrogen-bond acceptors (Lipinski definition) is 7. The van der Waals surface area contributed by atoms with Crippen LogP contribution >= 0.6 is 23.1 Å². The first-order chi connectivity index (χ1) is 10.8. The molecule has 2 aromatic rings. The Bertz CT molecular complexity index is 600. The predicted octanol–water partition coefficient (Wildman–Crippen LogP) is 2.85. The molecule has 0 spiro atoms. The predicted molar refractivity (Wildman–Crippen MR) is 90.3 cm³/mol. The Morgan fingerprint density at radius 2 is 2.18 bits per heavy atom. The van der Waals surface area contributed by atoms with Crippen LogP contribution in [-0.2, 0) is 4.74 Å². The Balaban J connectivity index is 1.43. The Labute approximate surface area is 138 Å². The molecule has 0 aliphatic carbocycles. The Morgan fingerprint density at radius 3 is 3.00 bits per heavy atom. The molecule has 1 aliphatic rings. The largest absolute Gasteiger partial charge is 0.493 e. The van der Waals surface area contributed by atoms with E-state index in [2.05, 4.69) is 28.1 Å². The topological polar surface area (TPSA) is 47.5 Å². The van der Waals surface area contributed by atoms with E-state index in [0.717, 1.165) is 47.3 Å². The first kappa shape index (κ1) is 15.6. The van der Waals surface area contributed by atoms with Gasteiger partial charge in [0.15, 0.2) is 4.34 Å². The lowest BCUT2D eigenvalue weighted by Gasteiger charge is -2.25. The average molecular weight is 337 g/mol. The van der Waals surface area contributed by atoms with Crippen LogP contribution < -0.4 is 9.64 Å². The van der Waals surface area contributed by atoms with Crippen molar-refractivity contribution in [2.75, 3.05) is 43.6 Å². The number of aryl methyl sites for hydroxylation is 1. The van der Waals surface area contributed by atoms with Crippen molar-refractivity contribution in [2.45, 2.75) is 11.3 Å². The Hall–Kier alpha value is -1.31. The summed E-state index contributed by atoms with van der Waals surface area (Å²) in [5.74, 6) is 1.79. The van der Waals surface area contributed by atoms with E-state index in [0.29, 0.717) is 6.61 Å². The molecule has 0 radical (unpaired) electrons. The lowest BCUT2D eigenvalue weighted by Crippen LogP contribution is -2.36. The summed E-state index contributed by atoms with van der Waals surface area (Å²) in [4.78, 5) is 2.23. The van der Waals surface area contributed by atoms with Crippen molar-refractivity contribution in [1.29, 1.82) is 0 Å². The van der Waals surface area contributed by atoms with E-state index < -0.39 is 0 Å². The standard InChI is InChI=1S/C15H19N3O2S2/c1-12-3-2-4-13(11-12)20-9-10-21-15-17-16-14(22-15)18-5-7-19-8-6-18/h2-4,11H,5-10H2,1H3. The smallest absolute Gasteiger partial charge is 0.209 e. The summed E-state index contributed by atoms with van der Waals surface area (Å²) >= 11 is 3.33. The summed E-state index contributed by atoms with van der Waals surface area (Å²) in [7, 11) is 0. The molecule has 2 heterocycles. The van der Waals surface area contributed by atoms with Gasteiger partial charge in [0.25, 0.3) is 0 Å². The highest BCUT2D eigenvalue weighted by atomic mass is 32.2. The molecule has 0 unspecified atom stereocenters. The second-order valence-electron chi connectivity index (χ2n) is 4.96. The summed E-state index contributed by atoms with van der Waals surface area (Å²) in [6, 6.07) is 8.11. The number of aromatic nitrogens is 2. The molecule has 1 aliphatic heterocycles. The van der Waals surface area contributed by atoms with Crippen LogP contribution in [0.2, 0.25) is 0 Å². The summed E-state index contributed by atoms with van der Waals surface area (Å²) in [6.45, 7) is 6.07. The van der Waals surface area contributed by atoms with Gasteiger partial charge in [-0.3, -0.25) is 0 Å². The SMILES string of the molecule is Cc1cccc(OCCSc2nnc(N3CCOCC3)s2)c1. The minimum atomic E-state index is 0.667. The molecule has 22 heavy (non-hydrogen) atoms. The molecule has 0 atom stereocenters. The van der Waals surface area contributed by atoms with Gasteiger partial charge >= 0.3 is 0 Å². The first-order valence-electron chi connectivity index (χ1n) is 7.30. The van der Waals surface area contributed by atoms with Gasteiger partial charge in [0, 0.05) is 18.8 Å². The molecule has 1 aromatic carbocycles. The fraction of sp³-hybridized carbons (Fsp3) is 0.467. The van der Waals surface area contributed by atoms with E-state index >= 15 is 0 Å². The van der Waals surface area contributed by atoms with E-state index in [1.807, 2.05) is 18.2 Å². The second kappa shape index (κ2) is 7.80. The zero-order valence-corrected chi connectivity index (χ0v) is 14.2. The maximum absolute atomic E-state index is 5.74. The highest BCUT2D eigenvalue weighted by Crippen LogP contribution is 2.28. The number of hydrogen-bond donors (Lipinski definition) is 0. The maximum atomic E-state index is 5.74. The van der Waals surface area contributed by atoms with Crippen molar-refractivity contribution in [3.05, 3.63) is 29.8 Å². The minimum Gasteiger partial charge on any atom is -0.493 e. The second-order valence-corrected chi connectivity index (χ2v) is 7.26. The van der Waals surface area contributed by atoms with Crippen LogP contribution in [0, 0.1) is 6.92 Å². The number of thioether (sulfide) groups is 1. The van der Waals surface area contributed by atoms with Crippen molar-refractivity contribution in [2.24, 2.45) is 0 Å². The van der Waals surface area contributed by atoms with Gasteiger partial charge in [-0.15, -0.1) is 10.2 Å². The molecule has 7 heteroatoms. The fourth-order valence-corrected chi connectivity index (χ4v) is 3.92. The van der Waals surface area contributed by atoms with Gasteiger partial charge in [-0.2, -0.15) is 0 Å². The van der Waals surface area contributed by atoms with Crippen molar-refractivity contribution in [3.8, 4) is 5.75 Å². The molecule has 5 nitrogen and oxygen atoms in total. The highest BCUT2D eigenvalue weighted by molar-refractivity contribution is 8.01. The molecule has 1 fully saturated rings. The van der Waals surface area contributed by atoms with Gasteiger partial charge < -0.3 is 14.4 Å². The van der Waals surface area contributed by atoms with Gasteiger partial charge in [0.05, 0.1) is 19.8 Å². The van der Waals surface area contributed by atoms with Gasteiger partial charge in [-0.25, -0.2) is 0 Å². The van der Waals surface area contributed by atoms with E-state index in [9.17, 15) is 0 Å². The summed E-state index contributed by atoms with van der Waals surface area (Å²) < 4.78 is 12.1. The van der Waals surface area contributed by atoms with Crippen LogP contribution in [0.15, 0.2) is 28.6 Å². The van der Waals surface area contributed by atoms with Crippen LogP contribution in [0.4, 0.5) is 5.13 Å². The monoisotopic (exact) mass is 337 g/mol. The maximum Gasteiger partial charge on any atom is 0.209 e. The van der Waals surface area contributed by atoms with Crippen molar-refractivity contribution in [3.63, 3.8) is 0 Å². The summed E-state index contributed by atoms with van der Waals surface area (Å²) in [5.41, 5.74) is 1.21. The van der Waals surface area contributed by atoms with Gasteiger partial charge in [-0.1, -0.05) is 35.2 Å². The Morgan fingerprint density at radius 1 is 1.32 bits per heavy atom. The van der Waals surface area contributed by atoms with Crippen LogP contribution in [0.5, 0.6) is 5.75 Å². The molecule has 118 valence electrons. The van der Waals surface area contributed by atoms with E-state index in [1.165, 1.54) is 5.56 Å². The van der Waals surface area contributed by atoms with Crippen LogP contribution in [0.3, 0.4) is 0 Å². The zero-order valence-electron chi connectivity index (χ0n) is 12.5. The minimum absolute atomic E-state index is 0.667. The number of morpholine rings is 1. The summed E-state index contributed by atoms with van der Waals surface area (Å²) in [5, 5.41) is 9.50. The van der Waals surface area contributed by atoms with Gasteiger partial charge in [-0.05, 0) is 24.6 Å². The molecule has 1 aromatic heterocycles. The number of nitrogens with zero attached hydrogens (tertiary/aromatic N) is 3. The van der Waals surface area contributed by atoms with Crippen LogP contribution in [-0.4, -0.2) is 48.9 Å². The third kappa shape index (κ3) is 4.34. The fourth-order valence-electron chi connectivity index (χ4n) is 2.14. The van der Waals surface area contributed by atoms with Gasteiger partial charge in [0.1, 0.15) is 5.75 Å². The summed E-state index contributed by atoms with van der Waals surface area (Å²) in [6.07, 6.45) is 0. The molecule has 0 amide bonds. The van der Waals surface area contributed by atoms with E-state index in [1.54, 1.807) is 23.1 Å². The third-order valence-electron chi connectivity index (χ3n) is 3.24. The lowest BCUT2D eigenvalue weighted by molar-refractivity contribution is 0.122. The number of anilines is 1. The molecular weight excluding hydrogens is 318 g/mol. The normalized spacial score (nSPS) is 15.0. The third-order valence-corrected chi connectivity index (χ3v) is 5.33. The van der Waals surface area contributed by atoms with Crippen molar-refractivity contribution < 1.29 is 9.47 Å². The Kier molecular flexibility index (Phi) is 5.53. The number of rotatable bonds is 6. The molecule has 0 N–H and O–H groups in total. The van der Waals surface area contributed by atoms with Crippen molar-refractivity contribution in [1.82, 2.24) is 10.2 Å². The van der Waals surface area contributed by atoms with E-state index in [4.69, 9.17) is 9.47 Å². The molecule has 0 saturated carbocycles. The first-order valence-corrected chi connectivity index (χ1v) is 9.10. The number of ether oxygens (including phenoxy) is 2. The molecule has 3 rings (SSSR count). The van der Waals surface area contributed by atoms with Crippen LogP contribution in [0.1, 0.15) is 5.56 Å². The van der Waals surface area contributed by atoms with E-state index in [-0.39, 0.29) is 0 Å². The zero-order chi connectivity index (χ0) is 15.2. The molecular formula is C15H19N3O2S2. The lowest BCUT2D eigenvalue weighted by atomic mass is 10.2. The van der Waals surface area contributed by atoms with Crippen LogP contribution in [0.25, 0.3) is 0 Å². The quantitative estimate of drug-likeness (QED) is 0.597.